The summed E-state index contributed by atoms with van der Waals surface area (Å²) in [6, 6.07) is 11.6. The lowest BCUT2D eigenvalue weighted by Gasteiger charge is -2.31. The lowest BCUT2D eigenvalue weighted by Crippen LogP contribution is -2.48. The van der Waals surface area contributed by atoms with Crippen molar-refractivity contribution in [3.63, 3.8) is 0 Å². The van der Waals surface area contributed by atoms with Gasteiger partial charge in [-0.1, -0.05) is 44.0 Å². The summed E-state index contributed by atoms with van der Waals surface area (Å²) in [7, 11) is 0. The van der Waals surface area contributed by atoms with E-state index in [0.717, 1.165) is 16.7 Å². The summed E-state index contributed by atoms with van der Waals surface area (Å²) >= 11 is 0. The van der Waals surface area contributed by atoms with Crippen LogP contribution in [0.5, 0.6) is 0 Å². The van der Waals surface area contributed by atoms with Gasteiger partial charge < -0.3 is 10.0 Å². The number of aromatic nitrogens is 2. The summed E-state index contributed by atoms with van der Waals surface area (Å²) in [5, 5.41) is 21.3. The molecule has 2 amide bonds. The fourth-order valence-electron chi connectivity index (χ4n) is 4.23. The molecule has 4 rings (SSSR count). The van der Waals surface area contributed by atoms with Crippen LogP contribution < -0.4 is 5.48 Å². The minimum atomic E-state index is -1.14. The average molecular weight is 460 g/mol. The SMILES string of the molecule is CCCCC(C(=O)NO)N1C(=O)C(=O)C(=C(O)c2ccncc2)C1c1ccc2ccccc2n1. The topological polar surface area (TPSA) is 133 Å². The molecular formula is C25H24N4O5. The molecule has 3 heterocycles. The molecule has 0 spiro atoms. The van der Waals surface area contributed by atoms with E-state index in [1.54, 1.807) is 23.7 Å². The van der Waals surface area contributed by atoms with Gasteiger partial charge in [-0.2, -0.15) is 0 Å². The van der Waals surface area contributed by atoms with Crippen LogP contribution in [0.1, 0.15) is 43.5 Å². The molecule has 0 aliphatic carbocycles. The highest BCUT2D eigenvalue weighted by Gasteiger charge is 2.51. The van der Waals surface area contributed by atoms with Crippen molar-refractivity contribution >= 4 is 34.3 Å². The first-order valence-corrected chi connectivity index (χ1v) is 11.0. The van der Waals surface area contributed by atoms with Crippen molar-refractivity contribution in [2.24, 2.45) is 0 Å². The Morgan fingerprint density at radius 3 is 2.56 bits per heavy atom. The summed E-state index contributed by atoms with van der Waals surface area (Å²) in [4.78, 5) is 48.8. The van der Waals surface area contributed by atoms with E-state index in [1.165, 1.54) is 24.5 Å². The van der Waals surface area contributed by atoms with Crippen molar-refractivity contribution in [2.45, 2.75) is 38.3 Å². The number of unbranched alkanes of at least 4 members (excludes halogenated alkanes) is 1. The van der Waals surface area contributed by atoms with Crippen molar-refractivity contribution < 1.29 is 24.7 Å². The number of pyridine rings is 2. The molecule has 0 radical (unpaired) electrons. The normalized spacial score (nSPS) is 18.3. The maximum Gasteiger partial charge on any atom is 0.296 e. The second-order valence-corrected chi connectivity index (χ2v) is 8.01. The predicted octanol–water partition coefficient (Wildman–Crippen LogP) is 3.12. The highest BCUT2D eigenvalue weighted by atomic mass is 16.5. The monoisotopic (exact) mass is 460 g/mol. The van der Waals surface area contributed by atoms with Gasteiger partial charge in [0.2, 0.25) is 0 Å². The van der Waals surface area contributed by atoms with Crippen LogP contribution in [-0.4, -0.2) is 48.8 Å². The Labute approximate surface area is 195 Å². The number of amides is 2. The number of hydrogen-bond acceptors (Lipinski definition) is 7. The zero-order valence-electron chi connectivity index (χ0n) is 18.5. The van der Waals surface area contributed by atoms with Gasteiger partial charge >= 0.3 is 0 Å². The van der Waals surface area contributed by atoms with E-state index in [9.17, 15) is 24.7 Å². The Hall–Kier alpha value is -4.11. The second kappa shape index (κ2) is 9.80. The number of nitrogens with zero attached hydrogens (tertiary/aromatic N) is 3. The van der Waals surface area contributed by atoms with E-state index in [1.807, 2.05) is 25.1 Å². The molecule has 2 unspecified atom stereocenters. The van der Waals surface area contributed by atoms with Crippen molar-refractivity contribution in [2.75, 3.05) is 0 Å². The van der Waals surface area contributed by atoms with Crippen molar-refractivity contribution in [3.05, 3.63) is 77.8 Å². The number of hydrogen-bond donors (Lipinski definition) is 3. The molecule has 1 aliphatic rings. The smallest absolute Gasteiger partial charge is 0.296 e. The minimum absolute atomic E-state index is 0.175. The lowest BCUT2D eigenvalue weighted by molar-refractivity contribution is -0.147. The minimum Gasteiger partial charge on any atom is -0.507 e. The van der Waals surface area contributed by atoms with Gasteiger partial charge in [0.15, 0.2) is 0 Å². The van der Waals surface area contributed by atoms with Crippen LogP contribution >= 0.6 is 0 Å². The van der Waals surface area contributed by atoms with Crippen LogP contribution in [0, 0.1) is 0 Å². The van der Waals surface area contributed by atoms with Gasteiger partial charge in [0.25, 0.3) is 17.6 Å². The van der Waals surface area contributed by atoms with Crippen LogP contribution in [0.25, 0.3) is 16.7 Å². The number of carbonyl (C=O) groups is 3. The highest BCUT2D eigenvalue weighted by molar-refractivity contribution is 6.47. The number of Topliss-reactive ketones (excluding diaryl/α,β-unsaturated/α-hetero) is 1. The van der Waals surface area contributed by atoms with Gasteiger partial charge in [0, 0.05) is 23.3 Å². The number of nitrogens with one attached hydrogen (secondary N) is 1. The largest absolute Gasteiger partial charge is 0.507 e. The van der Waals surface area contributed by atoms with Crippen LogP contribution in [0.3, 0.4) is 0 Å². The molecule has 1 aromatic carbocycles. The van der Waals surface area contributed by atoms with Gasteiger partial charge in [-0.3, -0.25) is 29.6 Å². The van der Waals surface area contributed by atoms with E-state index >= 15 is 0 Å². The highest BCUT2D eigenvalue weighted by Crippen LogP contribution is 2.41. The van der Waals surface area contributed by atoms with Crippen LogP contribution in [0.2, 0.25) is 0 Å². The molecule has 0 saturated carbocycles. The maximum atomic E-state index is 13.3. The number of rotatable bonds is 7. The Morgan fingerprint density at radius 1 is 1.12 bits per heavy atom. The van der Waals surface area contributed by atoms with Crippen molar-refractivity contribution in [3.8, 4) is 0 Å². The second-order valence-electron chi connectivity index (χ2n) is 8.01. The molecule has 0 bridgehead atoms. The zero-order valence-corrected chi connectivity index (χ0v) is 18.5. The van der Waals surface area contributed by atoms with Gasteiger partial charge in [0.05, 0.1) is 16.8 Å². The molecule has 174 valence electrons. The Balaban J connectivity index is 1.94. The van der Waals surface area contributed by atoms with Crippen LogP contribution in [0.15, 0.2) is 66.5 Å². The van der Waals surface area contributed by atoms with Gasteiger partial charge in [-0.05, 0) is 30.7 Å². The standard InChI is InChI=1S/C25H24N4O5/c1-2-3-8-19(24(32)28-34)29-21(18-10-9-15-6-4-5-7-17(15)27-18)20(23(31)25(29)33)22(30)16-11-13-26-14-12-16/h4-7,9-14,19,21,30,34H,2-3,8H2,1H3,(H,28,32). The number of hydroxylamine groups is 1. The van der Waals surface area contributed by atoms with E-state index < -0.39 is 29.7 Å². The number of benzene rings is 1. The first-order chi connectivity index (χ1) is 16.5. The number of likely N-dealkylation sites (tertiary alicyclic amines) is 1. The number of fused-ring (bicyclic) bond motifs is 1. The van der Waals surface area contributed by atoms with Gasteiger partial charge in [-0.25, -0.2) is 5.48 Å². The molecule has 1 aliphatic heterocycles. The molecule has 1 fully saturated rings. The van der Waals surface area contributed by atoms with Crippen molar-refractivity contribution in [1.82, 2.24) is 20.3 Å². The zero-order chi connectivity index (χ0) is 24.2. The number of ketones is 1. The van der Waals surface area contributed by atoms with E-state index in [4.69, 9.17) is 0 Å². The maximum absolute atomic E-state index is 13.3. The third-order valence-corrected chi connectivity index (χ3v) is 5.91. The molecule has 1 saturated heterocycles. The molecule has 2 atom stereocenters. The molecule has 9 nitrogen and oxygen atoms in total. The molecule has 34 heavy (non-hydrogen) atoms. The molecule has 9 heteroatoms. The number of carbonyl (C=O) groups excluding carboxylic acids is 3. The quantitative estimate of drug-likeness (QED) is 0.162. The summed E-state index contributed by atoms with van der Waals surface area (Å²) in [5.41, 5.74) is 2.69. The van der Waals surface area contributed by atoms with E-state index in [-0.39, 0.29) is 17.8 Å². The Morgan fingerprint density at radius 2 is 1.85 bits per heavy atom. The summed E-state index contributed by atoms with van der Waals surface area (Å²) in [6.45, 7) is 1.92. The van der Waals surface area contributed by atoms with Crippen LogP contribution in [0.4, 0.5) is 0 Å². The predicted molar refractivity (Wildman–Crippen MR) is 123 cm³/mol. The fraction of sp³-hybridized carbons (Fsp3) is 0.240. The number of para-hydroxylation sites is 1. The number of aliphatic hydroxyl groups is 1. The molecule has 3 N–H and O–H groups in total. The van der Waals surface area contributed by atoms with Gasteiger partial charge in [-0.15, -0.1) is 0 Å². The van der Waals surface area contributed by atoms with E-state index in [0.29, 0.717) is 23.2 Å². The average Bonchev–Trinajstić information content (AvgIpc) is 3.14. The van der Waals surface area contributed by atoms with Crippen LogP contribution in [-0.2, 0) is 14.4 Å². The number of aliphatic hydroxyl groups excluding tert-OH is 1. The third kappa shape index (κ3) is 4.13. The molecule has 2 aromatic heterocycles. The third-order valence-electron chi connectivity index (χ3n) is 5.91. The Kier molecular flexibility index (Phi) is 6.65. The summed E-state index contributed by atoms with van der Waals surface area (Å²) < 4.78 is 0. The Bertz CT molecular complexity index is 1270. The lowest BCUT2D eigenvalue weighted by atomic mass is 9.97. The van der Waals surface area contributed by atoms with Gasteiger partial charge in [0.1, 0.15) is 17.8 Å². The fourth-order valence-corrected chi connectivity index (χ4v) is 4.23. The molecular weight excluding hydrogens is 436 g/mol. The van der Waals surface area contributed by atoms with E-state index in [2.05, 4.69) is 9.97 Å². The molecule has 3 aromatic rings. The summed E-state index contributed by atoms with van der Waals surface area (Å²) in [6.07, 6.45) is 4.43. The van der Waals surface area contributed by atoms with Crippen molar-refractivity contribution in [1.29, 1.82) is 0 Å². The summed E-state index contributed by atoms with van der Waals surface area (Å²) in [5.74, 6) is -3.08. The first kappa shape index (κ1) is 23.1. The first-order valence-electron chi connectivity index (χ1n) is 11.0.